The highest BCUT2D eigenvalue weighted by atomic mass is 16.5. The van der Waals surface area contributed by atoms with E-state index in [1.165, 1.54) is 12.0 Å². The number of ether oxygens (including phenoxy) is 2. The van der Waals surface area contributed by atoms with Crippen molar-refractivity contribution < 1.29 is 24.2 Å². The number of rotatable bonds is 5. The van der Waals surface area contributed by atoms with Gasteiger partial charge in [-0.05, 0) is 30.7 Å². The van der Waals surface area contributed by atoms with Crippen LogP contribution in [0.25, 0.3) is 5.69 Å². The van der Waals surface area contributed by atoms with Gasteiger partial charge in [-0.15, -0.1) is 0 Å². The summed E-state index contributed by atoms with van der Waals surface area (Å²) in [6.07, 6.45) is 1.63. The standard InChI is InChI=1S/C18H21N3O5/c1-11-4-5-16(26-3)14(8-11)21-7-6-13(19-21)17(22)20-10-12(25-2)9-15(20)18(23)24/h4-8,12,15H,9-10H2,1-3H3,(H,23,24). The molecular weight excluding hydrogens is 338 g/mol. The maximum Gasteiger partial charge on any atom is 0.326 e. The molecule has 0 spiro atoms. The Morgan fingerprint density at radius 2 is 2.04 bits per heavy atom. The number of methoxy groups -OCH3 is 2. The lowest BCUT2D eigenvalue weighted by atomic mass is 10.2. The molecule has 2 atom stereocenters. The summed E-state index contributed by atoms with van der Waals surface area (Å²) in [4.78, 5) is 25.6. The smallest absolute Gasteiger partial charge is 0.326 e. The first kappa shape index (κ1) is 17.9. The highest BCUT2D eigenvalue weighted by Gasteiger charge is 2.40. The van der Waals surface area contributed by atoms with E-state index in [0.717, 1.165) is 5.56 Å². The predicted molar refractivity (Wildman–Crippen MR) is 92.7 cm³/mol. The first-order chi connectivity index (χ1) is 12.4. The Morgan fingerprint density at radius 1 is 1.27 bits per heavy atom. The zero-order valence-corrected chi connectivity index (χ0v) is 14.9. The summed E-state index contributed by atoms with van der Waals surface area (Å²) < 4.78 is 12.1. The van der Waals surface area contributed by atoms with E-state index in [9.17, 15) is 14.7 Å². The van der Waals surface area contributed by atoms with E-state index in [4.69, 9.17) is 9.47 Å². The molecule has 8 nitrogen and oxygen atoms in total. The molecule has 1 saturated heterocycles. The highest BCUT2D eigenvalue weighted by molar-refractivity contribution is 5.95. The quantitative estimate of drug-likeness (QED) is 0.870. The Bertz CT molecular complexity index is 832. The summed E-state index contributed by atoms with van der Waals surface area (Å²) in [5, 5.41) is 13.7. The minimum atomic E-state index is -1.04. The minimum absolute atomic E-state index is 0.177. The molecular formula is C18H21N3O5. The van der Waals surface area contributed by atoms with Gasteiger partial charge in [0.15, 0.2) is 5.69 Å². The van der Waals surface area contributed by atoms with Crippen LogP contribution in [0.1, 0.15) is 22.5 Å². The van der Waals surface area contributed by atoms with Gasteiger partial charge in [0.2, 0.25) is 0 Å². The number of carboxylic acid groups (broad SMARTS) is 1. The molecule has 1 aromatic carbocycles. The fraction of sp³-hybridized carbons (Fsp3) is 0.389. The van der Waals surface area contributed by atoms with Crippen LogP contribution in [0.4, 0.5) is 0 Å². The third kappa shape index (κ3) is 3.28. The highest BCUT2D eigenvalue weighted by Crippen LogP contribution is 2.25. The van der Waals surface area contributed by atoms with Gasteiger partial charge in [-0.25, -0.2) is 9.48 Å². The van der Waals surface area contributed by atoms with Gasteiger partial charge < -0.3 is 19.5 Å². The monoisotopic (exact) mass is 359 g/mol. The van der Waals surface area contributed by atoms with Crippen LogP contribution in [0.2, 0.25) is 0 Å². The number of amides is 1. The molecule has 1 aromatic heterocycles. The second-order valence-corrected chi connectivity index (χ2v) is 6.23. The third-order valence-electron chi connectivity index (χ3n) is 4.53. The van der Waals surface area contributed by atoms with Gasteiger partial charge >= 0.3 is 5.97 Å². The number of likely N-dealkylation sites (tertiary alicyclic amines) is 1. The Labute approximate surface area is 150 Å². The lowest BCUT2D eigenvalue weighted by Crippen LogP contribution is -2.40. The van der Waals surface area contributed by atoms with E-state index >= 15 is 0 Å². The Morgan fingerprint density at radius 3 is 2.69 bits per heavy atom. The Hall–Kier alpha value is -2.87. The predicted octanol–water partition coefficient (Wildman–Crippen LogP) is 1.50. The summed E-state index contributed by atoms with van der Waals surface area (Å²) in [7, 11) is 3.08. The van der Waals surface area contributed by atoms with Crippen molar-refractivity contribution in [1.29, 1.82) is 0 Å². The van der Waals surface area contributed by atoms with E-state index in [-0.39, 0.29) is 24.8 Å². The van der Waals surface area contributed by atoms with Gasteiger partial charge in [0.05, 0.1) is 13.2 Å². The van der Waals surface area contributed by atoms with Crippen LogP contribution in [0.3, 0.4) is 0 Å². The largest absolute Gasteiger partial charge is 0.494 e. The van der Waals surface area contributed by atoms with Crippen molar-refractivity contribution >= 4 is 11.9 Å². The lowest BCUT2D eigenvalue weighted by Gasteiger charge is -2.20. The molecule has 1 aliphatic rings. The number of hydrogen-bond acceptors (Lipinski definition) is 5. The van der Waals surface area contributed by atoms with Gasteiger partial charge in [-0.1, -0.05) is 6.07 Å². The van der Waals surface area contributed by atoms with E-state index in [1.54, 1.807) is 24.1 Å². The zero-order valence-electron chi connectivity index (χ0n) is 14.9. The van der Waals surface area contributed by atoms with Crippen molar-refractivity contribution in [1.82, 2.24) is 14.7 Å². The SMILES string of the molecule is COc1ccc(C)cc1-n1ccc(C(=O)N2CC(OC)CC2C(=O)O)n1. The number of nitrogens with zero attached hydrogens (tertiary/aromatic N) is 3. The second kappa shape index (κ2) is 7.17. The van der Waals surface area contributed by atoms with Crippen molar-refractivity contribution in [2.75, 3.05) is 20.8 Å². The first-order valence-electron chi connectivity index (χ1n) is 8.22. The van der Waals surface area contributed by atoms with Gasteiger partial charge in [-0.3, -0.25) is 4.79 Å². The lowest BCUT2D eigenvalue weighted by molar-refractivity contribution is -0.141. The normalized spacial score (nSPS) is 19.6. The molecule has 0 radical (unpaired) electrons. The van der Waals surface area contributed by atoms with Crippen LogP contribution in [-0.2, 0) is 9.53 Å². The second-order valence-electron chi connectivity index (χ2n) is 6.23. The number of carboxylic acids is 1. The molecule has 3 rings (SSSR count). The molecule has 1 fully saturated rings. The van der Waals surface area contributed by atoms with Crippen molar-refractivity contribution in [3.05, 3.63) is 41.7 Å². The van der Waals surface area contributed by atoms with Crippen LogP contribution in [0.5, 0.6) is 5.75 Å². The zero-order chi connectivity index (χ0) is 18.8. The molecule has 2 heterocycles. The van der Waals surface area contributed by atoms with Crippen molar-refractivity contribution in [2.45, 2.75) is 25.5 Å². The fourth-order valence-corrected chi connectivity index (χ4v) is 3.13. The van der Waals surface area contributed by atoms with E-state index in [1.807, 2.05) is 25.1 Å². The van der Waals surface area contributed by atoms with Gasteiger partial charge in [0.1, 0.15) is 17.5 Å². The molecule has 26 heavy (non-hydrogen) atoms. The maximum absolute atomic E-state index is 12.8. The van der Waals surface area contributed by atoms with Crippen molar-refractivity contribution in [3.63, 3.8) is 0 Å². The minimum Gasteiger partial charge on any atom is -0.494 e. The van der Waals surface area contributed by atoms with Crippen LogP contribution >= 0.6 is 0 Å². The number of carbonyl (C=O) groups excluding carboxylic acids is 1. The number of carbonyl (C=O) groups is 2. The third-order valence-corrected chi connectivity index (χ3v) is 4.53. The summed E-state index contributed by atoms with van der Waals surface area (Å²) in [5.74, 6) is -0.846. The Balaban J connectivity index is 1.89. The number of aryl methyl sites for hydroxylation is 1. The number of aromatic nitrogens is 2. The molecule has 1 aliphatic heterocycles. The van der Waals surface area contributed by atoms with E-state index in [2.05, 4.69) is 5.10 Å². The van der Waals surface area contributed by atoms with Crippen molar-refractivity contribution in [3.8, 4) is 11.4 Å². The van der Waals surface area contributed by atoms with E-state index in [0.29, 0.717) is 11.4 Å². The fourth-order valence-electron chi connectivity index (χ4n) is 3.13. The molecule has 0 saturated carbocycles. The molecule has 1 amide bonds. The molecule has 2 aromatic rings. The molecule has 138 valence electrons. The van der Waals surface area contributed by atoms with Crippen LogP contribution in [0, 0.1) is 6.92 Å². The molecule has 8 heteroatoms. The molecule has 0 aliphatic carbocycles. The summed E-state index contributed by atoms with van der Waals surface area (Å²) in [5.41, 5.74) is 1.91. The maximum atomic E-state index is 12.8. The van der Waals surface area contributed by atoms with Gasteiger partial charge in [0.25, 0.3) is 5.91 Å². The average Bonchev–Trinajstić information content (AvgIpc) is 3.28. The molecule has 2 unspecified atom stereocenters. The topological polar surface area (TPSA) is 93.9 Å². The summed E-state index contributed by atoms with van der Waals surface area (Å²) >= 11 is 0. The number of aliphatic carboxylic acids is 1. The van der Waals surface area contributed by atoms with Crippen LogP contribution in [0.15, 0.2) is 30.5 Å². The summed E-state index contributed by atoms with van der Waals surface area (Å²) in [6.45, 7) is 2.18. The van der Waals surface area contributed by atoms with Crippen molar-refractivity contribution in [2.24, 2.45) is 0 Å². The number of benzene rings is 1. The number of hydrogen-bond donors (Lipinski definition) is 1. The van der Waals surface area contributed by atoms with Gasteiger partial charge in [-0.2, -0.15) is 5.10 Å². The molecule has 0 bridgehead atoms. The Kier molecular flexibility index (Phi) is 4.94. The average molecular weight is 359 g/mol. The van der Waals surface area contributed by atoms with Crippen LogP contribution in [-0.4, -0.2) is 64.6 Å². The summed E-state index contributed by atoms with van der Waals surface area (Å²) in [6, 6.07) is 6.31. The molecule has 1 N–H and O–H groups in total. The van der Waals surface area contributed by atoms with Crippen LogP contribution < -0.4 is 4.74 Å². The van der Waals surface area contributed by atoms with E-state index < -0.39 is 17.9 Å². The first-order valence-corrected chi connectivity index (χ1v) is 8.22. The van der Waals surface area contributed by atoms with Gasteiger partial charge in [0, 0.05) is 26.3 Å².